The van der Waals surface area contributed by atoms with Gasteiger partial charge in [-0.05, 0) is 34.8 Å². The zero-order valence-electron chi connectivity index (χ0n) is 9.72. The highest BCUT2D eigenvalue weighted by molar-refractivity contribution is 9.11. The van der Waals surface area contributed by atoms with Crippen molar-refractivity contribution in [3.8, 4) is 6.07 Å². The summed E-state index contributed by atoms with van der Waals surface area (Å²) >= 11 is 3.90. The summed E-state index contributed by atoms with van der Waals surface area (Å²) < 4.78 is 26.5. The molecule has 1 aromatic heterocycles. The number of nitrogens with one attached hydrogen (secondary N) is 1. The van der Waals surface area contributed by atoms with Gasteiger partial charge in [-0.2, -0.15) is 5.26 Å². The number of sulfonamides is 1. The highest BCUT2D eigenvalue weighted by Crippen LogP contribution is 2.31. The van der Waals surface area contributed by atoms with Crippen LogP contribution >= 0.6 is 27.3 Å². The largest absolute Gasteiger partial charge is 0.477 e. The quantitative estimate of drug-likeness (QED) is 0.719. The first-order valence-electron chi connectivity index (χ1n) is 5.27. The van der Waals surface area contributed by atoms with Gasteiger partial charge in [0.1, 0.15) is 9.77 Å². The summed E-state index contributed by atoms with van der Waals surface area (Å²) in [6, 6.07) is 3.09. The average molecular weight is 367 g/mol. The lowest BCUT2D eigenvalue weighted by Crippen LogP contribution is -2.24. The maximum Gasteiger partial charge on any atom is 0.345 e. The summed E-state index contributed by atoms with van der Waals surface area (Å²) in [5.74, 6) is -1.17. The summed E-state index contributed by atoms with van der Waals surface area (Å²) in [6.07, 6.45) is 1.55. The molecule has 1 rings (SSSR count). The van der Waals surface area contributed by atoms with Crippen molar-refractivity contribution in [1.82, 2.24) is 4.72 Å². The van der Waals surface area contributed by atoms with Crippen LogP contribution in [0.5, 0.6) is 0 Å². The Balaban J connectivity index is 2.72. The molecule has 0 fully saturated rings. The number of carbonyl (C=O) groups is 1. The van der Waals surface area contributed by atoms with Crippen LogP contribution in [0.2, 0.25) is 0 Å². The second-order valence-corrected chi connectivity index (χ2v) is 7.67. The Bertz CT molecular complexity index is 604. The third-order valence-electron chi connectivity index (χ3n) is 2.16. The molecule has 0 radical (unpaired) electrons. The Labute approximate surface area is 123 Å². The van der Waals surface area contributed by atoms with Gasteiger partial charge < -0.3 is 5.11 Å². The second-order valence-electron chi connectivity index (χ2n) is 3.57. The van der Waals surface area contributed by atoms with Crippen LogP contribution in [0.3, 0.4) is 0 Å². The van der Waals surface area contributed by atoms with Crippen molar-refractivity contribution in [3.63, 3.8) is 0 Å². The second kappa shape index (κ2) is 7.00. The van der Waals surface area contributed by atoms with Gasteiger partial charge in [-0.25, -0.2) is 17.9 Å². The Morgan fingerprint density at radius 2 is 2.21 bits per heavy atom. The fraction of sp³-hybridized carbons (Fsp3) is 0.400. The lowest BCUT2D eigenvalue weighted by atomic mass is 10.2. The van der Waals surface area contributed by atoms with Crippen LogP contribution in [-0.2, 0) is 10.0 Å². The summed E-state index contributed by atoms with van der Waals surface area (Å²) in [7, 11) is -3.72. The maximum absolute atomic E-state index is 11.9. The Morgan fingerprint density at radius 3 is 2.74 bits per heavy atom. The SMILES string of the molecule is N#CCCCCNS(=O)(=O)c1cc(C(=O)O)sc1Br. The number of thiophene rings is 1. The van der Waals surface area contributed by atoms with Crippen LogP contribution in [0.1, 0.15) is 28.9 Å². The summed E-state index contributed by atoms with van der Waals surface area (Å²) in [6.45, 7) is 0.217. The topological polar surface area (TPSA) is 107 Å². The number of nitriles is 1. The molecular formula is C10H11BrN2O4S2. The molecule has 0 amide bonds. The van der Waals surface area contributed by atoms with E-state index in [1.54, 1.807) is 0 Å². The van der Waals surface area contributed by atoms with Gasteiger partial charge >= 0.3 is 5.97 Å². The molecule has 0 aliphatic carbocycles. The maximum atomic E-state index is 11.9. The molecule has 1 aromatic rings. The van der Waals surface area contributed by atoms with Crippen LogP contribution in [0.4, 0.5) is 0 Å². The normalized spacial score (nSPS) is 11.2. The van der Waals surface area contributed by atoms with E-state index >= 15 is 0 Å². The van der Waals surface area contributed by atoms with E-state index in [-0.39, 0.29) is 20.1 Å². The molecule has 1 heterocycles. The highest BCUT2D eigenvalue weighted by Gasteiger charge is 2.22. The molecule has 0 saturated carbocycles. The number of hydrogen-bond donors (Lipinski definition) is 2. The minimum absolute atomic E-state index is 0.0447. The first-order chi connectivity index (χ1) is 8.88. The van der Waals surface area contributed by atoms with Gasteiger partial charge in [0.2, 0.25) is 10.0 Å². The number of hydrogen-bond acceptors (Lipinski definition) is 5. The number of halogens is 1. The van der Waals surface area contributed by atoms with E-state index in [4.69, 9.17) is 10.4 Å². The van der Waals surface area contributed by atoms with E-state index < -0.39 is 16.0 Å². The number of carboxylic acids is 1. The molecule has 0 bridgehead atoms. The van der Waals surface area contributed by atoms with Crippen LogP contribution in [0.25, 0.3) is 0 Å². The third kappa shape index (κ3) is 4.58. The van der Waals surface area contributed by atoms with Gasteiger partial charge in [-0.3, -0.25) is 0 Å². The third-order valence-corrected chi connectivity index (χ3v) is 5.86. The van der Waals surface area contributed by atoms with E-state index in [0.29, 0.717) is 19.3 Å². The van der Waals surface area contributed by atoms with Crippen molar-refractivity contribution in [2.75, 3.05) is 6.54 Å². The smallest absolute Gasteiger partial charge is 0.345 e. The van der Waals surface area contributed by atoms with E-state index in [9.17, 15) is 13.2 Å². The predicted molar refractivity (Wildman–Crippen MR) is 73.6 cm³/mol. The van der Waals surface area contributed by atoms with Crippen molar-refractivity contribution < 1.29 is 18.3 Å². The Kier molecular flexibility index (Phi) is 5.93. The van der Waals surface area contributed by atoms with E-state index in [2.05, 4.69) is 20.7 Å². The van der Waals surface area contributed by atoms with E-state index in [0.717, 1.165) is 17.4 Å². The van der Waals surface area contributed by atoms with Gasteiger partial charge in [0.05, 0.1) is 9.86 Å². The summed E-state index contributed by atoms with van der Waals surface area (Å²) in [5, 5.41) is 17.2. The van der Waals surface area contributed by atoms with Gasteiger partial charge in [-0.15, -0.1) is 11.3 Å². The monoisotopic (exact) mass is 366 g/mol. The zero-order valence-corrected chi connectivity index (χ0v) is 12.9. The molecule has 0 aliphatic heterocycles. The molecule has 19 heavy (non-hydrogen) atoms. The fourth-order valence-corrected chi connectivity index (χ4v) is 4.73. The first kappa shape index (κ1) is 16.1. The van der Waals surface area contributed by atoms with Gasteiger partial charge in [-0.1, -0.05) is 0 Å². The lowest BCUT2D eigenvalue weighted by molar-refractivity contribution is 0.0702. The first-order valence-corrected chi connectivity index (χ1v) is 8.37. The summed E-state index contributed by atoms with van der Waals surface area (Å²) in [4.78, 5) is 10.7. The summed E-state index contributed by atoms with van der Waals surface area (Å²) in [5.41, 5.74) is 0. The molecule has 9 heteroatoms. The molecule has 2 N–H and O–H groups in total. The van der Waals surface area contributed by atoms with Gasteiger partial charge in [0, 0.05) is 13.0 Å². The van der Waals surface area contributed by atoms with Gasteiger partial charge in [0.15, 0.2) is 0 Å². The molecular weight excluding hydrogens is 356 g/mol. The fourth-order valence-electron chi connectivity index (χ4n) is 1.25. The molecule has 104 valence electrons. The molecule has 0 spiro atoms. The van der Waals surface area contributed by atoms with Crippen molar-refractivity contribution in [1.29, 1.82) is 5.26 Å². The number of nitrogens with zero attached hydrogens (tertiary/aromatic N) is 1. The van der Waals surface area contributed by atoms with Crippen LogP contribution in [0.15, 0.2) is 14.7 Å². The number of aromatic carboxylic acids is 1. The minimum Gasteiger partial charge on any atom is -0.477 e. The molecule has 0 aromatic carbocycles. The van der Waals surface area contributed by atoms with Crippen molar-refractivity contribution in [3.05, 3.63) is 14.7 Å². The van der Waals surface area contributed by atoms with E-state index in [1.165, 1.54) is 0 Å². The highest BCUT2D eigenvalue weighted by atomic mass is 79.9. The Morgan fingerprint density at radius 1 is 1.53 bits per heavy atom. The van der Waals surface area contributed by atoms with Crippen molar-refractivity contribution >= 4 is 43.3 Å². The molecule has 0 saturated heterocycles. The standard InChI is InChI=1S/C10H11BrN2O4S2/c11-9-8(6-7(18-9)10(14)15)19(16,17)13-5-3-1-2-4-12/h6,13H,1-3,5H2,(H,14,15). The zero-order chi connectivity index (χ0) is 14.5. The molecule has 0 unspecified atom stereocenters. The van der Waals surface area contributed by atoms with Gasteiger partial charge in [0.25, 0.3) is 0 Å². The van der Waals surface area contributed by atoms with Crippen molar-refractivity contribution in [2.24, 2.45) is 0 Å². The van der Waals surface area contributed by atoms with Crippen molar-refractivity contribution in [2.45, 2.75) is 24.2 Å². The molecule has 0 aliphatic rings. The van der Waals surface area contributed by atoms with E-state index in [1.807, 2.05) is 6.07 Å². The van der Waals surface area contributed by atoms with Crippen LogP contribution in [0, 0.1) is 11.3 Å². The number of rotatable bonds is 7. The average Bonchev–Trinajstić information content (AvgIpc) is 2.72. The van der Waals surface area contributed by atoms with Crippen LogP contribution < -0.4 is 4.72 Å². The lowest BCUT2D eigenvalue weighted by Gasteiger charge is -2.04. The molecule has 6 nitrogen and oxygen atoms in total. The Hall–Kier alpha value is -0.950. The van der Waals surface area contributed by atoms with Crippen LogP contribution in [-0.4, -0.2) is 26.0 Å². The minimum atomic E-state index is -3.72. The molecule has 0 atom stereocenters. The predicted octanol–water partition coefficient (Wildman–Crippen LogP) is 2.18. The number of unbranched alkanes of at least 4 members (excludes halogenated alkanes) is 2. The number of carboxylic acid groups (broad SMARTS) is 1.